The lowest BCUT2D eigenvalue weighted by Crippen LogP contribution is -2.62. The Hall–Kier alpha value is -0.610. The van der Waals surface area contributed by atoms with E-state index in [1.165, 1.54) is 0 Å². The molecular formula is C9H15NO3. The van der Waals surface area contributed by atoms with Gasteiger partial charge < -0.3 is 15.6 Å². The molecule has 2 aliphatic rings. The quantitative estimate of drug-likeness (QED) is 0.612. The molecule has 1 saturated carbocycles. The lowest BCUT2D eigenvalue weighted by atomic mass is 9.53. The normalized spacial score (nSPS) is 37.0. The van der Waals surface area contributed by atoms with E-state index in [1.54, 1.807) is 0 Å². The second kappa shape index (κ2) is 2.96. The molecule has 1 aliphatic heterocycles. The molecule has 2 fully saturated rings. The Bertz CT molecular complexity index is 223. The van der Waals surface area contributed by atoms with E-state index in [0.717, 1.165) is 12.8 Å². The Kier molecular flexibility index (Phi) is 2.04. The highest BCUT2D eigenvalue weighted by Crippen LogP contribution is 2.52. The van der Waals surface area contributed by atoms with Crippen molar-refractivity contribution < 1.29 is 14.6 Å². The standard InChI is InChI=1S/C9H15NO3/c10-7-5-6(8(11)12)9(7)1-3-13-4-2-9/h6-7H,1-5,10H2,(H,11,12)/t6-,7-/m1/s1. The molecule has 1 heterocycles. The van der Waals surface area contributed by atoms with E-state index in [2.05, 4.69) is 0 Å². The maximum atomic E-state index is 10.9. The number of rotatable bonds is 1. The van der Waals surface area contributed by atoms with Gasteiger partial charge in [0.2, 0.25) is 0 Å². The Morgan fingerprint density at radius 2 is 2.08 bits per heavy atom. The molecule has 2 atom stereocenters. The summed E-state index contributed by atoms with van der Waals surface area (Å²) in [5.74, 6) is -0.921. The van der Waals surface area contributed by atoms with Crippen LogP contribution in [-0.4, -0.2) is 30.3 Å². The molecule has 13 heavy (non-hydrogen) atoms. The van der Waals surface area contributed by atoms with Gasteiger partial charge in [0.25, 0.3) is 0 Å². The number of ether oxygens (including phenoxy) is 1. The molecular weight excluding hydrogens is 170 g/mol. The zero-order chi connectivity index (χ0) is 9.47. The number of carboxylic acid groups (broad SMARTS) is 1. The van der Waals surface area contributed by atoms with Crippen LogP contribution in [0.15, 0.2) is 0 Å². The predicted octanol–water partition coefficient (Wildman–Crippen LogP) is 0.215. The third-order valence-electron chi connectivity index (χ3n) is 3.64. The molecule has 0 aromatic heterocycles. The van der Waals surface area contributed by atoms with E-state index in [4.69, 9.17) is 15.6 Å². The van der Waals surface area contributed by atoms with E-state index < -0.39 is 5.97 Å². The molecule has 0 aromatic carbocycles. The summed E-state index contributed by atoms with van der Waals surface area (Å²) in [4.78, 5) is 10.9. The highest BCUT2D eigenvalue weighted by atomic mass is 16.5. The SMILES string of the molecule is N[C@@H]1C[C@H](C(=O)O)C12CCOCC2. The van der Waals surface area contributed by atoms with Gasteiger partial charge in [-0.2, -0.15) is 0 Å². The summed E-state index contributed by atoms with van der Waals surface area (Å²) in [6, 6.07) is 0.0671. The lowest BCUT2D eigenvalue weighted by Gasteiger charge is -2.54. The number of carbonyl (C=O) groups is 1. The van der Waals surface area contributed by atoms with Crippen molar-refractivity contribution >= 4 is 5.97 Å². The second-order valence-corrected chi connectivity index (χ2v) is 4.08. The molecule has 0 amide bonds. The topological polar surface area (TPSA) is 72.6 Å². The zero-order valence-electron chi connectivity index (χ0n) is 7.53. The smallest absolute Gasteiger partial charge is 0.307 e. The fourth-order valence-electron chi connectivity index (χ4n) is 2.64. The molecule has 3 N–H and O–H groups in total. The van der Waals surface area contributed by atoms with Crippen LogP contribution in [0.3, 0.4) is 0 Å². The van der Waals surface area contributed by atoms with Gasteiger partial charge in [0.1, 0.15) is 0 Å². The first-order chi connectivity index (χ1) is 6.17. The summed E-state index contributed by atoms with van der Waals surface area (Å²) in [5.41, 5.74) is 5.75. The Morgan fingerprint density at radius 1 is 1.46 bits per heavy atom. The van der Waals surface area contributed by atoms with Gasteiger partial charge in [0, 0.05) is 24.7 Å². The minimum atomic E-state index is -0.691. The highest BCUT2D eigenvalue weighted by molar-refractivity contribution is 5.73. The van der Waals surface area contributed by atoms with Gasteiger partial charge in [-0.05, 0) is 19.3 Å². The molecule has 4 heteroatoms. The summed E-state index contributed by atoms with van der Waals surface area (Å²) >= 11 is 0. The molecule has 2 rings (SSSR count). The first-order valence-electron chi connectivity index (χ1n) is 4.73. The molecule has 1 aliphatic carbocycles. The van der Waals surface area contributed by atoms with Crippen molar-refractivity contribution in [3.05, 3.63) is 0 Å². The minimum absolute atomic E-state index is 0.0671. The molecule has 74 valence electrons. The zero-order valence-corrected chi connectivity index (χ0v) is 7.53. The van der Waals surface area contributed by atoms with Crippen molar-refractivity contribution in [1.29, 1.82) is 0 Å². The third kappa shape index (κ3) is 1.16. The Balaban J connectivity index is 2.12. The van der Waals surface area contributed by atoms with Crippen LogP contribution in [-0.2, 0) is 9.53 Å². The molecule has 4 nitrogen and oxygen atoms in total. The average molecular weight is 185 g/mol. The van der Waals surface area contributed by atoms with Crippen LogP contribution < -0.4 is 5.73 Å². The molecule has 0 aromatic rings. The number of nitrogens with two attached hydrogens (primary N) is 1. The highest BCUT2D eigenvalue weighted by Gasteiger charge is 2.56. The van der Waals surface area contributed by atoms with Crippen LogP contribution in [0.5, 0.6) is 0 Å². The van der Waals surface area contributed by atoms with Crippen molar-refractivity contribution in [2.75, 3.05) is 13.2 Å². The molecule has 0 radical (unpaired) electrons. The van der Waals surface area contributed by atoms with Gasteiger partial charge in [0.05, 0.1) is 5.92 Å². The van der Waals surface area contributed by atoms with E-state index in [1.807, 2.05) is 0 Å². The molecule has 0 bridgehead atoms. The van der Waals surface area contributed by atoms with Crippen molar-refractivity contribution in [2.45, 2.75) is 25.3 Å². The van der Waals surface area contributed by atoms with Gasteiger partial charge in [-0.3, -0.25) is 4.79 Å². The monoisotopic (exact) mass is 185 g/mol. The first kappa shape index (κ1) is 8.97. The summed E-state index contributed by atoms with van der Waals surface area (Å²) in [6.07, 6.45) is 2.26. The predicted molar refractivity (Wildman–Crippen MR) is 46.2 cm³/mol. The first-order valence-corrected chi connectivity index (χ1v) is 4.73. The second-order valence-electron chi connectivity index (χ2n) is 4.08. The summed E-state index contributed by atoms with van der Waals surface area (Å²) in [6.45, 7) is 1.33. The number of hydrogen-bond acceptors (Lipinski definition) is 3. The van der Waals surface area contributed by atoms with E-state index in [0.29, 0.717) is 19.6 Å². The van der Waals surface area contributed by atoms with Gasteiger partial charge in [-0.25, -0.2) is 0 Å². The van der Waals surface area contributed by atoms with Crippen molar-refractivity contribution in [3.63, 3.8) is 0 Å². The van der Waals surface area contributed by atoms with Crippen LogP contribution in [0.4, 0.5) is 0 Å². The minimum Gasteiger partial charge on any atom is -0.481 e. The van der Waals surface area contributed by atoms with Gasteiger partial charge >= 0.3 is 5.97 Å². The number of hydrogen-bond donors (Lipinski definition) is 2. The fraction of sp³-hybridized carbons (Fsp3) is 0.889. The Labute approximate surface area is 77.1 Å². The van der Waals surface area contributed by atoms with Crippen LogP contribution >= 0.6 is 0 Å². The van der Waals surface area contributed by atoms with Crippen LogP contribution in [0.25, 0.3) is 0 Å². The van der Waals surface area contributed by atoms with Crippen LogP contribution in [0.1, 0.15) is 19.3 Å². The van der Waals surface area contributed by atoms with Crippen molar-refractivity contribution in [2.24, 2.45) is 17.1 Å². The Morgan fingerprint density at radius 3 is 2.54 bits per heavy atom. The van der Waals surface area contributed by atoms with E-state index >= 15 is 0 Å². The van der Waals surface area contributed by atoms with Crippen LogP contribution in [0.2, 0.25) is 0 Å². The van der Waals surface area contributed by atoms with Crippen molar-refractivity contribution in [3.8, 4) is 0 Å². The van der Waals surface area contributed by atoms with Gasteiger partial charge in [-0.1, -0.05) is 0 Å². The maximum absolute atomic E-state index is 10.9. The third-order valence-corrected chi connectivity index (χ3v) is 3.64. The number of aliphatic carboxylic acids is 1. The van der Waals surface area contributed by atoms with Gasteiger partial charge in [-0.15, -0.1) is 0 Å². The summed E-state index contributed by atoms with van der Waals surface area (Å²) in [7, 11) is 0. The number of carboxylic acids is 1. The summed E-state index contributed by atoms with van der Waals surface area (Å²) in [5, 5.41) is 8.97. The summed E-state index contributed by atoms with van der Waals surface area (Å²) < 4.78 is 5.23. The van der Waals surface area contributed by atoms with Gasteiger partial charge in [0.15, 0.2) is 0 Å². The van der Waals surface area contributed by atoms with Crippen molar-refractivity contribution in [1.82, 2.24) is 0 Å². The maximum Gasteiger partial charge on any atom is 0.307 e. The molecule has 0 unspecified atom stereocenters. The lowest BCUT2D eigenvalue weighted by molar-refractivity contribution is -0.165. The molecule has 1 saturated heterocycles. The fourth-order valence-corrected chi connectivity index (χ4v) is 2.64. The van der Waals surface area contributed by atoms with Crippen LogP contribution in [0, 0.1) is 11.3 Å². The molecule has 1 spiro atoms. The van der Waals surface area contributed by atoms with E-state index in [-0.39, 0.29) is 17.4 Å². The van der Waals surface area contributed by atoms with E-state index in [9.17, 15) is 4.79 Å². The average Bonchev–Trinajstić information content (AvgIpc) is 2.15. The largest absolute Gasteiger partial charge is 0.481 e.